The standard InChI is InChI=1S/C17H20N6OS/c1-2-6-15-21-22-17(25-15)20-16(24)18-10-9-13-11-19-23(12-13)14-7-4-3-5-8-14/h3-5,7-8,11-12H,2,6,9-10H2,1H3,(H2,18,20,22,24). The van der Waals surface area contributed by atoms with Crippen molar-refractivity contribution in [2.24, 2.45) is 0 Å². The van der Waals surface area contributed by atoms with Crippen LogP contribution in [0.25, 0.3) is 5.69 Å². The number of anilines is 1. The average molecular weight is 356 g/mol. The van der Waals surface area contributed by atoms with E-state index in [0.29, 0.717) is 18.1 Å². The summed E-state index contributed by atoms with van der Waals surface area (Å²) in [7, 11) is 0. The molecule has 2 amide bonds. The van der Waals surface area contributed by atoms with Crippen molar-refractivity contribution in [3.8, 4) is 5.69 Å². The van der Waals surface area contributed by atoms with E-state index in [-0.39, 0.29) is 6.03 Å². The molecule has 0 fully saturated rings. The summed E-state index contributed by atoms with van der Waals surface area (Å²) in [6.07, 6.45) is 6.38. The van der Waals surface area contributed by atoms with Crippen molar-refractivity contribution in [1.82, 2.24) is 25.3 Å². The third-order valence-corrected chi connectivity index (χ3v) is 4.41. The summed E-state index contributed by atoms with van der Waals surface area (Å²) in [5, 5.41) is 19.3. The van der Waals surface area contributed by atoms with Crippen LogP contribution in [0, 0.1) is 0 Å². The fourth-order valence-corrected chi connectivity index (χ4v) is 3.13. The number of hydrogen-bond donors (Lipinski definition) is 2. The van der Waals surface area contributed by atoms with Gasteiger partial charge < -0.3 is 5.32 Å². The molecule has 0 bridgehead atoms. The summed E-state index contributed by atoms with van der Waals surface area (Å²) in [5.41, 5.74) is 2.07. The van der Waals surface area contributed by atoms with E-state index in [0.717, 1.165) is 29.1 Å². The van der Waals surface area contributed by atoms with E-state index in [2.05, 4.69) is 32.9 Å². The van der Waals surface area contributed by atoms with Crippen LogP contribution >= 0.6 is 11.3 Å². The Kier molecular flexibility index (Phi) is 5.73. The molecule has 0 saturated carbocycles. The molecule has 0 aliphatic rings. The van der Waals surface area contributed by atoms with Crippen LogP contribution in [0.4, 0.5) is 9.93 Å². The number of nitrogens with zero attached hydrogens (tertiary/aromatic N) is 4. The molecule has 0 aliphatic carbocycles. The fraction of sp³-hybridized carbons (Fsp3) is 0.294. The summed E-state index contributed by atoms with van der Waals surface area (Å²) in [5.74, 6) is 0. The Labute approximate surface area is 150 Å². The minimum absolute atomic E-state index is 0.269. The second-order valence-corrected chi connectivity index (χ2v) is 6.57. The maximum absolute atomic E-state index is 11.9. The second kappa shape index (κ2) is 8.39. The van der Waals surface area contributed by atoms with Crippen LogP contribution in [-0.2, 0) is 12.8 Å². The van der Waals surface area contributed by atoms with Crippen molar-refractivity contribution in [1.29, 1.82) is 0 Å². The van der Waals surface area contributed by atoms with E-state index in [4.69, 9.17) is 0 Å². The normalized spacial score (nSPS) is 10.6. The van der Waals surface area contributed by atoms with Crippen LogP contribution in [-0.4, -0.2) is 32.6 Å². The Morgan fingerprint density at radius 2 is 2.04 bits per heavy atom. The number of rotatable bonds is 7. The average Bonchev–Trinajstić information content (AvgIpc) is 3.26. The SMILES string of the molecule is CCCc1nnc(NC(=O)NCCc2cnn(-c3ccccc3)c2)s1. The molecule has 0 spiro atoms. The highest BCUT2D eigenvalue weighted by atomic mass is 32.1. The summed E-state index contributed by atoms with van der Waals surface area (Å²) < 4.78 is 1.83. The summed E-state index contributed by atoms with van der Waals surface area (Å²) in [4.78, 5) is 11.9. The number of aromatic nitrogens is 4. The largest absolute Gasteiger partial charge is 0.337 e. The Morgan fingerprint density at radius 3 is 2.84 bits per heavy atom. The molecule has 3 rings (SSSR count). The molecule has 0 atom stereocenters. The van der Waals surface area contributed by atoms with E-state index in [1.807, 2.05) is 47.4 Å². The minimum atomic E-state index is -0.269. The number of aryl methyl sites for hydroxylation is 1. The van der Waals surface area contributed by atoms with Gasteiger partial charge in [0.1, 0.15) is 5.01 Å². The molecule has 7 nitrogen and oxygen atoms in total. The maximum atomic E-state index is 11.9. The topological polar surface area (TPSA) is 84.7 Å². The van der Waals surface area contributed by atoms with Gasteiger partial charge in [0, 0.05) is 19.2 Å². The Bertz CT molecular complexity index is 813. The first-order valence-corrected chi connectivity index (χ1v) is 9.02. The number of para-hydroxylation sites is 1. The molecule has 25 heavy (non-hydrogen) atoms. The van der Waals surface area contributed by atoms with Gasteiger partial charge in [0.05, 0.1) is 11.9 Å². The van der Waals surface area contributed by atoms with Gasteiger partial charge in [0.2, 0.25) is 5.13 Å². The fourth-order valence-electron chi connectivity index (χ4n) is 2.29. The highest BCUT2D eigenvalue weighted by molar-refractivity contribution is 7.15. The number of carbonyl (C=O) groups excluding carboxylic acids is 1. The van der Waals surface area contributed by atoms with Crippen LogP contribution in [0.1, 0.15) is 23.9 Å². The summed E-state index contributed by atoms with van der Waals surface area (Å²) in [6.45, 7) is 2.61. The monoisotopic (exact) mass is 356 g/mol. The number of urea groups is 1. The molecule has 0 radical (unpaired) electrons. The van der Waals surface area contributed by atoms with Gasteiger partial charge in [-0.1, -0.05) is 36.5 Å². The molecule has 0 saturated heterocycles. The van der Waals surface area contributed by atoms with Crippen LogP contribution in [0.5, 0.6) is 0 Å². The molecule has 8 heteroatoms. The zero-order valence-corrected chi connectivity index (χ0v) is 14.8. The smallest absolute Gasteiger partial charge is 0.321 e. The van der Waals surface area contributed by atoms with Gasteiger partial charge in [-0.05, 0) is 30.5 Å². The van der Waals surface area contributed by atoms with Gasteiger partial charge in [0.15, 0.2) is 0 Å². The van der Waals surface area contributed by atoms with E-state index in [9.17, 15) is 4.79 Å². The second-order valence-electron chi connectivity index (χ2n) is 5.51. The molecule has 2 heterocycles. The van der Waals surface area contributed by atoms with Gasteiger partial charge in [-0.3, -0.25) is 5.32 Å². The predicted molar refractivity (Wildman–Crippen MR) is 98.2 cm³/mol. The molecule has 130 valence electrons. The predicted octanol–water partition coefficient (Wildman–Crippen LogP) is 3.04. The molecule has 0 unspecified atom stereocenters. The van der Waals surface area contributed by atoms with Crippen molar-refractivity contribution in [2.45, 2.75) is 26.2 Å². The lowest BCUT2D eigenvalue weighted by molar-refractivity contribution is 0.252. The molecule has 3 aromatic rings. The summed E-state index contributed by atoms with van der Waals surface area (Å²) in [6, 6.07) is 9.65. The van der Waals surface area contributed by atoms with Gasteiger partial charge in [0.25, 0.3) is 0 Å². The first kappa shape index (κ1) is 17.1. The van der Waals surface area contributed by atoms with Gasteiger partial charge in [-0.2, -0.15) is 5.10 Å². The zero-order chi connectivity index (χ0) is 17.5. The maximum Gasteiger partial charge on any atom is 0.321 e. The number of nitrogens with one attached hydrogen (secondary N) is 2. The van der Waals surface area contributed by atoms with Crippen molar-refractivity contribution >= 4 is 22.5 Å². The van der Waals surface area contributed by atoms with Crippen molar-refractivity contribution < 1.29 is 4.79 Å². The molecule has 0 aliphatic heterocycles. The molecule has 2 aromatic heterocycles. The highest BCUT2D eigenvalue weighted by Gasteiger charge is 2.07. The van der Waals surface area contributed by atoms with Crippen molar-refractivity contribution in [3.63, 3.8) is 0 Å². The van der Waals surface area contributed by atoms with E-state index < -0.39 is 0 Å². The molecule has 1 aromatic carbocycles. The van der Waals surface area contributed by atoms with Crippen LogP contribution in [0.15, 0.2) is 42.7 Å². The Morgan fingerprint density at radius 1 is 1.20 bits per heavy atom. The van der Waals surface area contributed by atoms with Gasteiger partial charge >= 0.3 is 6.03 Å². The molecular weight excluding hydrogens is 336 g/mol. The lowest BCUT2D eigenvalue weighted by Crippen LogP contribution is -2.30. The van der Waals surface area contributed by atoms with E-state index in [1.165, 1.54) is 11.3 Å². The lowest BCUT2D eigenvalue weighted by Gasteiger charge is -2.03. The molecular formula is C17H20N6OS. The number of hydrogen-bond acceptors (Lipinski definition) is 5. The number of carbonyl (C=O) groups is 1. The first-order chi connectivity index (χ1) is 12.2. The number of benzene rings is 1. The van der Waals surface area contributed by atoms with E-state index >= 15 is 0 Å². The van der Waals surface area contributed by atoms with E-state index in [1.54, 1.807) is 0 Å². The quantitative estimate of drug-likeness (QED) is 0.681. The van der Waals surface area contributed by atoms with Gasteiger partial charge in [-0.15, -0.1) is 10.2 Å². The number of amides is 2. The molecule has 2 N–H and O–H groups in total. The first-order valence-electron chi connectivity index (χ1n) is 8.21. The third kappa shape index (κ3) is 4.87. The zero-order valence-electron chi connectivity index (χ0n) is 14.0. The van der Waals surface area contributed by atoms with Crippen LogP contribution in [0.3, 0.4) is 0 Å². The highest BCUT2D eigenvalue weighted by Crippen LogP contribution is 2.16. The lowest BCUT2D eigenvalue weighted by atomic mass is 10.2. The Balaban J connectivity index is 1.44. The van der Waals surface area contributed by atoms with Crippen molar-refractivity contribution in [3.05, 3.63) is 53.3 Å². The third-order valence-electron chi connectivity index (χ3n) is 3.51. The van der Waals surface area contributed by atoms with Crippen LogP contribution < -0.4 is 10.6 Å². The van der Waals surface area contributed by atoms with Crippen LogP contribution in [0.2, 0.25) is 0 Å². The Hall–Kier alpha value is -2.74. The van der Waals surface area contributed by atoms with Gasteiger partial charge in [-0.25, -0.2) is 9.48 Å². The van der Waals surface area contributed by atoms with Crippen molar-refractivity contribution in [2.75, 3.05) is 11.9 Å². The summed E-state index contributed by atoms with van der Waals surface area (Å²) >= 11 is 1.41. The minimum Gasteiger partial charge on any atom is -0.337 e.